The van der Waals surface area contributed by atoms with E-state index >= 15 is 0 Å². The van der Waals surface area contributed by atoms with Gasteiger partial charge in [-0.05, 0) is 24.6 Å². The van der Waals surface area contributed by atoms with E-state index in [0.717, 1.165) is 11.3 Å². The van der Waals surface area contributed by atoms with E-state index in [1.165, 1.54) is 11.3 Å². The molecule has 1 aromatic rings. The number of hydrogen-bond acceptors (Lipinski definition) is 3. The summed E-state index contributed by atoms with van der Waals surface area (Å²) in [5, 5.41) is 4.69. The summed E-state index contributed by atoms with van der Waals surface area (Å²) in [5.74, 6) is 10.5. The van der Waals surface area contributed by atoms with Crippen molar-refractivity contribution < 1.29 is 0 Å². The molecule has 0 amide bonds. The van der Waals surface area contributed by atoms with Gasteiger partial charge in [0.15, 0.2) is 0 Å². The Morgan fingerprint density at radius 3 is 2.50 bits per heavy atom. The first-order valence-corrected chi connectivity index (χ1v) is 4.58. The van der Waals surface area contributed by atoms with Crippen LogP contribution in [0.5, 0.6) is 0 Å². The number of aryl methyl sites for hydroxylation is 1. The van der Waals surface area contributed by atoms with Crippen molar-refractivity contribution in [3.63, 3.8) is 0 Å². The van der Waals surface area contributed by atoms with E-state index in [1.807, 2.05) is 45.0 Å². The Balaban J connectivity index is 0.000000791. The largest absolute Gasteiger partial charge is 0.322 e. The van der Waals surface area contributed by atoms with Crippen molar-refractivity contribution in [1.82, 2.24) is 0 Å². The fourth-order valence-electron chi connectivity index (χ4n) is 0.927. The smallest absolute Gasteiger partial charge is 0.129 e. The van der Waals surface area contributed by atoms with Crippen LogP contribution >= 0.6 is 0 Å². The summed E-state index contributed by atoms with van der Waals surface area (Å²) < 4.78 is 0. The summed E-state index contributed by atoms with van der Waals surface area (Å²) in [4.78, 5) is 0. The van der Waals surface area contributed by atoms with Gasteiger partial charge in [-0.3, -0.25) is 5.01 Å². The first-order valence-electron chi connectivity index (χ1n) is 4.58. The minimum absolute atomic E-state index is 0.865. The van der Waals surface area contributed by atoms with Gasteiger partial charge < -0.3 is 5.84 Å². The maximum Gasteiger partial charge on any atom is 0.129 e. The third-order valence-corrected chi connectivity index (χ3v) is 1.49. The molecule has 0 heterocycles. The van der Waals surface area contributed by atoms with Crippen molar-refractivity contribution >= 4 is 12.0 Å². The average Bonchev–Trinajstić information content (AvgIpc) is 2.21. The first-order chi connectivity index (χ1) is 6.74. The normalized spacial score (nSPS) is 9.43. The van der Waals surface area contributed by atoms with Crippen molar-refractivity contribution in [2.45, 2.75) is 20.8 Å². The van der Waals surface area contributed by atoms with Crippen LogP contribution < -0.4 is 16.7 Å². The van der Waals surface area contributed by atoms with Crippen LogP contribution in [0.4, 0.5) is 5.69 Å². The van der Waals surface area contributed by atoms with E-state index in [9.17, 15) is 0 Å². The quantitative estimate of drug-likeness (QED) is 0.325. The molecule has 0 fully saturated rings. The third kappa shape index (κ3) is 3.91. The molecule has 1 rings (SSSR count). The summed E-state index contributed by atoms with van der Waals surface area (Å²) in [7, 11) is 0. The van der Waals surface area contributed by atoms with Crippen LogP contribution in [-0.2, 0) is 0 Å². The second kappa shape index (κ2) is 6.91. The maximum absolute atomic E-state index is 5.58. The molecule has 4 heteroatoms. The van der Waals surface area contributed by atoms with Gasteiger partial charge in [0.1, 0.15) is 6.34 Å². The van der Waals surface area contributed by atoms with Gasteiger partial charge in [0, 0.05) is 0 Å². The van der Waals surface area contributed by atoms with Crippen LogP contribution in [0.3, 0.4) is 0 Å². The summed E-state index contributed by atoms with van der Waals surface area (Å²) in [6, 6.07) is 7.75. The van der Waals surface area contributed by atoms with Gasteiger partial charge in [-0.2, -0.15) is 5.10 Å². The Bertz CT molecular complexity index is 283. The molecule has 4 nitrogen and oxygen atoms in total. The van der Waals surface area contributed by atoms with Gasteiger partial charge in [0.2, 0.25) is 0 Å². The SMILES string of the molecule is CC.Cc1cccc(N(N)/C=N\N)c1. The second-order valence-electron chi connectivity index (χ2n) is 2.51. The van der Waals surface area contributed by atoms with Crippen LogP contribution in [0, 0.1) is 6.92 Å². The Morgan fingerprint density at radius 2 is 2.00 bits per heavy atom. The third-order valence-electron chi connectivity index (χ3n) is 1.49. The molecule has 0 saturated carbocycles. The lowest BCUT2D eigenvalue weighted by molar-refractivity contribution is 1.12. The molecule has 0 aliphatic carbocycles. The molecule has 0 aromatic heterocycles. The van der Waals surface area contributed by atoms with E-state index in [2.05, 4.69) is 5.10 Å². The van der Waals surface area contributed by atoms with Crippen LogP contribution in [-0.4, -0.2) is 6.34 Å². The van der Waals surface area contributed by atoms with Crippen LogP contribution in [0.25, 0.3) is 0 Å². The molecular formula is C10H18N4. The molecule has 0 saturated heterocycles. The van der Waals surface area contributed by atoms with Crippen molar-refractivity contribution in [2.24, 2.45) is 16.8 Å². The molecule has 0 aliphatic rings. The van der Waals surface area contributed by atoms with Crippen LogP contribution in [0.2, 0.25) is 0 Å². The maximum atomic E-state index is 5.58. The summed E-state index contributed by atoms with van der Waals surface area (Å²) in [5.41, 5.74) is 2.01. The van der Waals surface area contributed by atoms with Crippen LogP contribution in [0.1, 0.15) is 19.4 Å². The molecule has 14 heavy (non-hydrogen) atoms. The minimum Gasteiger partial charge on any atom is -0.322 e. The number of hydrazine groups is 1. The highest BCUT2D eigenvalue weighted by atomic mass is 15.4. The second-order valence-corrected chi connectivity index (χ2v) is 2.51. The zero-order chi connectivity index (χ0) is 11.0. The number of benzene rings is 1. The molecular weight excluding hydrogens is 176 g/mol. The number of nitrogens with two attached hydrogens (primary N) is 2. The van der Waals surface area contributed by atoms with E-state index in [1.54, 1.807) is 0 Å². The predicted molar refractivity (Wildman–Crippen MR) is 61.9 cm³/mol. The molecule has 0 radical (unpaired) electrons. The lowest BCUT2D eigenvalue weighted by Gasteiger charge is -2.11. The molecule has 0 unspecified atom stereocenters. The van der Waals surface area contributed by atoms with Gasteiger partial charge in [-0.15, -0.1) is 0 Å². The van der Waals surface area contributed by atoms with Gasteiger partial charge in [-0.1, -0.05) is 26.0 Å². The average molecular weight is 194 g/mol. The fourth-order valence-corrected chi connectivity index (χ4v) is 0.927. The van der Waals surface area contributed by atoms with E-state index in [4.69, 9.17) is 11.7 Å². The van der Waals surface area contributed by atoms with Crippen molar-refractivity contribution in [1.29, 1.82) is 0 Å². The van der Waals surface area contributed by atoms with E-state index in [0.29, 0.717) is 0 Å². The molecule has 4 N–H and O–H groups in total. The van der Waals surface area contributed by atoms with Gasteiger partial charge in [0.25, 0.3) is 0 Å². The first kappa shape index (κ1) is 12.4. The number of rotatable bonds is 2. The highest BCUT2D eigenvalue weighted by molar-refractivity contribution is 5.77. The lowest BCUT2D eigenvalue weighted by Crippen LogP contribution is -2.29. The van der Waals surface area contributed by atoms with Crippen molar-refractivity contribution in [2.75, 3.05) is 5.01 Å². The Morgan fingerprint density at radius 1 is 1.36 bits per heavy atom. The minimum atomic E-state index is 0.865. The van der Waals surface area contributed by atoms with Gasteiger partial charge >= 0.3 is 0 Å². The molecule has 0 spiro atoms. The zero-order valence-electron chi connectivity index (χ0n) is 8.94. The predicted octanol–water partition coefficient (Wildman–Crippen LogP) is 1.60. The molecule has 0 bridgehead atoms. The van der Waals surface area contributed by atoms with Crippen LogP contribution in [0.15, 0.2) is 29.4 Å². The summed E-state index contributed by atoms with van der Waals surface area (Å²) in [6.07, 6.45) is 1.36. The number of hydrogen-bond donors (Lipinski definition) is 2. The monoisotopic (exact) mass is 194 g/mol. The summed E-state index contributed by atoms with van der Waals surface area (Å²) >= 11 is 0. The topological polar surface area (TPSA) is 67.6 Å². The van der Waals surface area contributed by atoms with Crippen molar-refractivity contribution in [3.05, 3.63) is 29.8 Å². The highest BCUT2D eigenvalue weighted by Crippen LogP contribution is 2.10. The standard InChI is InChI=1S/C8H12N4.C2H6/c1-7-3-2-4-8(5-7)12(10)6-11-9;1-2/h2-6H,9-10H2,1H3;1-2H3/b11-6-;. The fraction of sp³-hybridized carbons (Fsp3) is 0.300. The van der Waals surface area contributed by atoms with Crippen molar-refractivity contribution in [3.8, 4) is 0 Å². The number of nitrogens with zero attached hydrogens (tertiary/aromatic N) is 2. The van der Waals surface area contributed by atoms with Gasteiger partial charge in [-0.25, -0.2) is 5.84 Å². The van der Waals surface area contributed by atoms with E-state index < -0.39 is 0 Å². The highest BCUT2D eigenvalue weighted by Gasteiger charge is 1.96. The Kier molecular flexibility index (Phi) is 6.15. The molecule has 1 aromatic carbocycles. The number of anilines is 1. The lowest BCUT2D eigenvalue weighted by atomic mass is 10.2. The Hall–Kier alpha value is -1.55. The molecule has 78 valence electrons. The zero-order valence-corrected chi connectivity index (χ0v) is 8.94. The summed E-state index contributed by atoms with van der Waals surface area (Å²) in [6.45, 7) is 6.00. The molecule has 0 aliphatic heterocycles. The molecule has 0 atom stereocenters. The van der Waals surface area contributed by atoms with Gasteiger partial charge in [0.05, 0.1) is 5.69 Å². The number of hydrazone groups is 1. The van der Waals surface area contributed by atoms with E-state index in [-0.39, 0.29) is 0 Å². The Labute approximate surface area is 85.2 Å².